The number of carbonyl (C=O) groups is 1. The molecule has 0 aliphatic heterocycles. The average molecular weight is 509 g/mol. The highest BCUT2D eigenvalue weighted by Gasteiger charge is 2.25. The van der Waals surface area contributed by atoms with E-state index in [0.29, 0.717) is 5.56 Å². The zero-order valence-corrected chi connectivity index (χ0v) is 21.5. The van der Waals surface area contributed by atoms with Gasteiger partial charge in [0, 0.05) is 6.08 Å². The van der Waals surface area contributed by atoms with E-state index >= 15 is 0 Å². The summed E-state index contributed by atoms with van der Waals surface area (Å²) in [6.07, 6.45) is 2.46. The Hall–Kier alpha value is -2.15. The minimum atomic E-state index is -4.57. The van der Waals surface area contributed by atoms with Gasteiger partial charge in [-0.05, 0) is 41.5 Å². The van der Waals surface area contributed by atoms with E-state index in [0.717, 1.165) is 12.1 Å². The molecule has 1 aromatic carbocycles. The van der Waals surface area contributed by atoms with E-state index < -0.39 is 49.1 Å². The summed E-state index contributed by atoms with van der Waals surface area (Å²) in [5.41, 5.74) is -0.643. The van der Waals surface area contributed by atoms with Crippen molar-refractivity contribution in [2.75, 3.05) is 19.8 Å². The van der Waals surface area contributed by atoms with Gasteiger partial charge in [0.05, 0.1) is 19.8 Å². The zero-order chi connectivity index (χ0) is 25.5. The monoisotopic (exact) mass is 508 g/mol. The van der Waals surface area contributed by atoms with E-state index in [9.17, 15) is 21.6 Å². The molecule has 10 nitrogen and oxygen atoms in total. The fourth-order valence-corrected chi connectivity index (χ4v) is 3.68. The average Bonchev–Trinajstić information content (AvgIpc) is 2.64. The van der Waals surface area contributed by atoms with Crippen LogP contribution in [0.15, 0.2) is 24.3 Å². The molecule has 0 aliphatic carbocycles. The first-order valence-corrected chi connectivity index (χ1v) is 12.7. The second-order valence-corrected chi connectivity index (χ2v) is 11.9. The van der Waals surface area contributed by atoms with Crippen molar-refractivity contribution in [3.63, 3.8) is 0 Å². The highest BCUT2D eigenvalue weighted by Crippen LogP contribution is 2.32. The van der Waals surface area contributed by atoms with Crippen molar-refractivity contribution in [3.8, 4) is 11.5 Å². The predicted molar refractivity (Wildman–Crippen MR) is 122 cm³/mol. The lowest BCUT2D eigenvalue weighted by Gasteiger charge is -2.19. The summed E-state index contributed by atoms with van der Waals surface area (Å²) in [4.78, 5) is 11.5. The van der Waals surface area contributed by atoms with E-state index in [1.54, 1.807) is 48.5 Å². The molecule has 0 saturated carbocycles. The Labute approximate surface area is 196 Å². The molecule has 0 heterocycles. The number of rotatable bonds is 11. The van der Waals surface area contributed by atoms with Gasteiger partial charge in [0.2, 0.25) is 0 Å². The third-order valence-electron chi connectivity index (χ3n) is 3.32. The van der Waals surface area contributed by atoms with Gasteiger partial charge >= 0.3 is 26.8 Å². The van der Waals surface area contributed by atoms with E-state index in [4.69, 9.17) is 21.5 Å². The normalized spacial score (nSPS) is 13.2. The minimum absolute atomic E-state index is 0.168. The number of carbonyl (C=O) groups excluding carboxylic acids is 1. The second kappa shape index (κ2) is 11.3. The Morgan fingerprint density at radius 2 is 1.33 bits per heavy atom. The molecule has 0 aromatic heterocycles. The summed E-state index contributed by atoms with van der Waals surface area (Å²) >= 11 is 0. The third kappa shape index (κ3) is 12.6. The van der Waals surface area contributed by atoms with Gasteiger partial charge in [-0.15, -0.1) is 0 Å². The fraction of sp³-hybridized carbons (Fsp3) is 0.571. The van der Waals surface area contributed by atoms with Gasteiger partial charge in [0.1, 0.15) is 0 Å². The lowest BCUT2D eigenvalue weighted by Crippen LogP contribution is -2.23. The molecule has 1 rings (SSSR count). The van der Waals surface area contributed by atoms with Crippen LogP contribution in [0.3, 0.4) is 0 Å². The lowest BCUT2D eigenvalue weighted by molar-refractivity contribution is -0.137. The van der Waals surface area contributed by atoms with Crippen LogP contribution in [0.25, 0.3) is 6.08 Å². The second-order valence-electron chi connectivity index (χ2n) is 9.42. The summed E-state index contributed by atoms with van der Waals surface area (Å²) in [5, 5.41) is 0. The number of hydrogen-bond donors (Lipinski definition) is 0. The number of hydrogen-bond acceptors (Lipinski definition) is 10. The molecule has 0 fully saturated rings. The predicted octanol–water partition coefficient (Wildman–Crippen LogP) is 3.64. The molecule has 33 heavy (non-hydrogen) atoms. The summed E-state index contributed by atoms with van der Waals surface area (Å²) in [7, 11) is -9.10. The molecule has 0 N–H and O–H groups in total. The molecule has 0 aliphatic rings. The highest BCUT2D eigenvalue weighted by molar-refractivity contribution is 7.82. The molecule has 0 radical (unpaired) electrons. The minimum Gasteiger partial charge on any atom is -0.463 e. The van der Waals surface area contributed by atoms with E-state index in [2.05, 4.69) is 0 Å². The first-order chi connectivity index (χ1) is 14.9. The Morgan fingerprint density at radius 3 is 1.79 bits per heavy atom. The Morgan fingerprint density at radius 1 is 0.848 bits per heavy atom. The topological polar surface area (TPSA) is 132 Å². The molecule has 12 heteroatoms. The number of benzene rings is 1. The largest absolute Gasteiger partial charge is 0.463 e. The van der Waals surface area contributed by atoms with Gasteiger partial charge in [-0.3, -0.25) is 0 Å². The maximum atomic E-state index is 12.3. The van der Waals surface area contributed by atoms with Gasteiger partial charge in [-0.1, -0.05) is 47.6 Å². The number of ether oxygens (including phenoxy) is 1. The maximum absolute atomic E-state index is 12.3. The van der Waals surface area contributed by atoms with Crippen LogP contribution >= 0.6 is 0 Å². The highest BCUT2D eigenvalue weighted by atomic mass is 32.3. The van der Waals surface area contributed by atoms with Crippen LogP contribution in [0.4, 0.5) is 0 Å². The fourth-order valence-electron chi connectivity index (χ4n) is 1.88. The number of esters is 1. The Balaban J connectivity index is 3.25. The summed E-state index contributed by atoms with van der Waals surface area (Å²) in [5.74, 6) is -1.53. The summed E-state index contributed by atoms with van der Waals surface area (Å²) in [6.45, 7) is 12.1. The third-order valence-corrected chi connectivity index (χ3v) is 4.90. The van der Waals surface area contributed by atoms with Gasteiger partial charge in [-0.2, -0.15) is 16.8 Å². The van der Waals surface area contributed by atoms with Crippen LogP contribution in [0, 0.1) is 10.8 Å². The van der Waals surface area contributed by atoms with Gasteiger partial charge in [-0.25, -0.2) is 13.2 Å². The molecule has 0 spiro atoms. The first kappa shape index (κ1) is 28.9. The van der Waals surface area contributed by atoms with Gasteiger partial charge in [0.15, 0.2) is 11.5 Å². The van der Waals surface area contributed by atoms with Crippen LogP contribution in [0.1, 0.15) is 54.0 Å². The van der Waals surface area contributed by atoms with E-state index in [1.165, 1.54) is 18.2 Å². The van der Waals surface area contributed by atoms with Crippen molar-refractivity contribution in [2.24, 2.45) is 10.8 Å². The molecular formula is C21H32O10S2. The lowest BCUT2D eigenvalue weighted by atomic mass is 9.99. The molecule has 1 aromatic rings. The standard InChI is InChI=1S/C21H32O10S2/c1-8-27-19(22)12-10-16-9-11-17(30-32(23,24)28-14-20(2,3)4)18(13-16)31-33(25,26)29-15-21(5,6)7/h9-13H,8,14-15H2,1-7H3/b12-10+. The van der Waals surface area contributed by atoms with Crippen LogP contribution in [0.2, 0.25) is 0 Å². The quantitative estimate of drug-likeness (QED) is 0.322. The van der Waals surface area contributed by atoms with Crippen LogP contribution in [-0.4, -0.2) is 42.6 Å². The maximum Gasteiger partial charge on any atom is 0.449 e. The molecule has 0 saturated heterocycles. The van der Waals surface area contributed by atoms with Crippen LogP contribution < -0.4 is 8.37 Å². The van der Waals surface area contributed by atoms with Gasteiger partial charge < -0.3 is 13.1 Å². The van der Waals surface area contributed by atoms with Crippen molar-refractivity contribution >= 4 is 32.8 Å². The molecule has 0 bridgehead atoms. The molecule has 0 unspecified atom stereocenters. The first-order valence-electron chi connectivity index (χ1n) is 10.1. The van der Waals surface area contributed by atoms with Crippen molar-refractivity contribution in [3.05, 3.63) is 29.8 Å². The zero-order valence-electron chi connectivity index (χ0n) is 19.9. The van der Waals surface area contributed by atoms with E-state index in [1.807, 2.05) is 0 Å². The smallest absolute Gasteiger partial charge is 0.449 e. The van der Waals surface area contributed by atoms with Crippen LogP contribution in [0.5, 0.6) is 11.5 Å². The molecule has 0 atom stereocenters. The van der Waals surface area contributed by atoms with Crippen molar-refractivity contribution in [1.29, 1.82) is 0 Å². The summed E-state index contributed by atoms with van der Waals surface area (Å²) in [6, 6.07) is 3.72. The SMILES string of the molecule is CCOC(=O)/C=C/c1ccc(OS(=O)(=O)OCC(C)(C)C)c(OS(=O)(=O)OCC(C)(C)C)c1. The Bertz CT molecular complexity index is 1040. The summed E-state index contributed by atoms with van der Waals surface area (Å²) < 4.78 is 73.5. The molecule has 188 valence electrons. The van der Waals surface area contributed by atoms with Crippen molar-refractivity contribution < 1.29 is 43.1 Å². The van der Waals surface area contributed by atoms with Crippen molar-refractivity contribution in [2.45, 2.75) is 48.5 Å². The van der Waals surface area contributed by atoms with Crippen LogP contribution in [-0.2, 0) is 38.7 Å². The van der Waals surface area contributed by atoms with Crippen molar-refractivity contribution in [1.82, 2.24) is 0 Å². The molecular weight excluding hydrogens is 476 g/mol. The molecule has 0 amide bonds. The van der Waals surface area contributed by atoms with E-state index in [-0.39, 0.29) is 19.8 Å². The Kier molecular flexibility index (Phi) is 9.91. The van der Waals surface area contributed by atoms with Gasteiger partial charge in [0.25, 0.3) is 0 Å².